The predicted octanol–water partition coefficient (Wildman–Crippen LogP) is 3.49. The van der Waals surface area contributed by atoms with Gasteiger partial charge in [-0.1, -0.05) is 31.9 Å². The van der Waals surface area contributed by atoms with Gasteiger partial charge in [0.25, 0.3) is 0 Å². The number of alkyl halides is 2. The van der Waals surface area contributed by atoms with Crippen LogP contribution in [0.25, 0.3) is 0 Å². The van der Waals surface area contributed by atoms with E-state index in [4.69, 9.17) is 9.47 Å². The summed E-state index contributed by atoms with van der Waals surface area (Å²) in [7, 11) is 3.35. The highest BCUT2D eigenvalue weighted by atomic mass is 79.9. The van der Waals surface area contributed by atoms with E-state index in [2.05, 4.69) is 31.9 Å². The summed E-state index contributed by atoms with van der Waals surface area (Å²) in [5.74, 6) is 1.77. The molecule has 0 spiro atoms. The number of ether oxygens (including phenoxy) is 2. The van der Waals surface area contributed by atoms with E-state index in [-0.39, 0.29) is 0 Å². The third-order valence-corrected chi connectivity index (χ3v) is 3.17. The smallest absolute Gasteiger partial charge is 0.123 e. The Morgan fingerprint density at radius 2 is 1.29 bits per heavy atom. The van der Waals surface area contributed by atoms with Crippen molar-refractivity contribution < 1.29 is 9.47 Å². The van der Waals surface area contributed by atoms with E-state index in [0.717, 1.165) is 33.3 Å². The molecule has 0 saturated carbocycles. The fourth-order valence-corrected chi connectivity index (χ4v) is 2.56. The van der Waals surface area contributed by atoms with Crippen LogP contribution in [-0.4, -0.2) is 14.2 Å². The van der Waals surface area contributed by atoms with Gasteiger partial charge in [-0.25, -0.2) is 0 Å². The Morgan fingerprint density at radius 1 is 0.929 bits per heavy atom. The van der Waals surface area contributed by atoms with E-state index in [1.165, 1.54) is 0 Å². The van der Waals surface area contributed by atoms with Gasteiger partial charge in [-0.3, -0.25) is 0 Å². The lowest BCUT2D eigenvalue weighted by Gasteiger charge is -2.13. The molecular formula is C10H12Br2O2. The number of hydrogen-bond acceptors (Lipinski definition) is 2. The zero-order chi connectivity index (χ0) is 10.6. The van der Waals surface area contributed by atoms with Crippen molar-refractivity contribution in [2.45, 2.75) is 10.7 Å². The van der Waals surface area contributed by atoms with Gasteiger partial charge in [0.1, 0.15) is 11.5 Å². The zero-order valence-electron chi connectivity index (χ0n) is 8.14. The van der Waals surface area contributed by atoms with Gasteiger partial charge >= 0.3 is 0 Å². The Balaban J connectivity index is 3.28. The Labute approximate surface area is 101 Å². The van der Waals surface area contributed by atoms with Gasteiger partial charge in [0.2, 0.25) is 0 Å². The quantitative estimate of drug-likeness (QED) is 0.790. The second-order valence-electron chi connectivity index (χ2n) is 2.69. The molecule has 1 rings (SSSR count). The molecule has 0 radical (unpaired) electrons. The summed E-state index contributed by atoms with van der Waals surface area (Å²) in [5.41, 5.74) is 2.26. The van der Waals surface area contributed by atoms with E-state index in [1.807, 2.05) is 12.1 Å². The Kier molecular flexibility index (Phi) is 4.75. The van der Waals surface area contributed by atoms with Crippen LogP contribution in [0.1, 0.15) is 11.1 Å². The minimum atomic E-state index is 0.758. The van der Waals surface area contributed by atoms with Crippen LogP contribution in [0.4, 0.5) is 0 Å². The fourth-order valence-electron chi connectivity index (χ4n) is 1.33. The summed E-state index contributed by atoms with van der Waals surface area (Å²) in [6.07, 6.45) is 0. The first-order valence-electron chi connectivity index (χ1n) is 4.13. The normalized spacial score (nSPS) is 10.0. The molecule has 0 aliphatic heterocycles. The van der Waals surface area contributed by atoms with E-state index < -0.39 is 0 Å². The Hall–Kier alpha value is -0.220. The molecule has 0 heterocycles. The molecule has 0 bridgehead atoms. The highest BCUT2D eigenvalue weighted by molar-refractivity contribution is 9.09. The third kappa shape index (κ3) is 2.23. The summed E-state index contributed by atoms with van der Waals surface area (Å²) in [5, 5.41) is 1.52. The molecule has 2 nitrogen and oxygen atoms in total. The predicted molar refractivity (Wildman–Crippen MR) is 64.8 cm³/mol. The molecule has 0 unspecified atom stereocenters. The molecule has 0 saturated heterocycles. The van der Waals surface area contributed by atoms with Gasteiger partial charge in [-0.15, -0.1) is 0 Å². The molecule has 0 amide bonds. The van der Waals surface area contributed by atoms with Crippen molar-refractivity contribution in [2.75, 3.05) is 14.2 Å². The number of methoxy groups -OCH3 is 2. The molecule has 0 aliphatic carbocycles. The topological polar surface area (TPSA) is 18.5 Å². The van der Waals surface area contributed by atoms with Crippen molar-refractivity contribution in [3.63, 3.8) is 0 Å². The average molecular weight is 324 g/mol. The first-order valence-corrected chi connectivity index (χ1v) is 6.37. The molecular weight excluding hydrogens is 312 g/mol. The van der Waals surface area contributed by atoms with Crippen molar-refractivity contribution in [1.82, 2.24) is 0 Å². The lowest BCUT2D eigenvalue weighted by atomic mass is 10.1. The van der Waals surface area contributed by atoms with Crippen molar-refractivity contribution in [3.8, 4) is 11.5 Å². The largest absolute Gasteiger partial charge is 0.496 e. The van der Waals surface area contributed by atoms with Gasteiger partial charge < -0.3 is 9.47 Å². The zero-order valence-corrected chi connectivity index (χ0v) is 11.3. The van der Waals surface area contributed by atoms with Crippen LogP contribution in [0.15, 0.2) is 12.1 Å². The number of rotatable bonds is 4. The highest BCUT2D eigenvalue weighted by Gasteiger charge is 2.12. The van der Waals surface area contributed by atoms with Gasteiger partial charge in [0.05, 0.1) is 14.2 Å². The Morgan fingerprint density at radius 3 is 1.50 bits per heavy atom. The molecule has 14 heavy (non-hydrogen) atoms. The lowest BCUT2D eigenvalue weighted by molar-refractivity contribution is 0.397. The lowest BCUT2D eigenvalue weighted by Crippen LogP contribution is -1.98. The summed E-state index contributed by atoms with van der Waals surface area (Å²) >= 11 is 6.90. The second kappa shape index (κ2) is 5.61. The highest BCUT2D eigenvalue weighted by Crippen LogP contribution is 2.33. The molecule has 0 aromatic heterocycles. The van der Waals surface area contributed by atoms with E-state index >= 15 is 0 Å². The Bertz CT molecular complexity index is 282. The number of hydrogen-bond donors (Lipinski definition) is 0. The summed E-state index contributed by atoms with van der Waals surface area (Å²) < 4.78 is 10.5. The third-order valence-electron chi connectivity index (χ3n) is 2.05. The molecule has 4 heteroatoms. The van der Waals surface area contributed by atoms with Crippen molar-refractivity contribution in [3.05, 3.63) is 23.3 Å². The first kappa shape index (κ1) is 11.9. The van der Waals surface area contributed by atoms with E-state index in [1.54, 1.807) is 14.2 Å². The minimum Gasteiger partial charge on any atom is -0.496 e. The standard InChI is InChI=1S/C10H12Br2O2/c1-13-9-3-4-10(14-2)8(6-12)7(9)5-11/h3-4H,5-6H2,1-2H3. The van der Waals surface area contributed by atoms with Crippen LogP contribution in [-0.2, 0) is 10.7 Å². The van der Waals surface area contributed by atoms with Crippen LogP contribution in [0.5, 0.6) is 11.5 Å². The van der Waals surface area contributed by atoms with Gasteiger partial charge in [0, 0.05) is 21.8 Å². The van der Waals surface area contributed by atoms with E-state index in [9.17, 15) is 0 Å². The number of halogens is 2. The maximum absolute atomic E-state index is 5.27. The van der Waals surface area contributed by atoms with Gasteiger partial charge in [-0.2, -0.15) is 0 Å². The summed E-state index contributed by atoms with van der Waals surface area (Å²) in [6.45, 7) is 0. The van der Waals surface area contributed by atoms with Crippen molar-refractivity contribution >= 4 is 31.9 Å². The van der Waals surface area contributed by atoms with Crippen LogP contribution in [0.3, 0.4) is 0 Å². The van der Waals surface area contributed by atoms with Gasteiger partial charge in [-0.05, 0) is 12.1 Å². The van der Waals surface area contributed by atoms with Crippen LogP contribution in [0, 0.1) is 0 Å². The van der Waals surface area contributed by atoms with Gasteiger partial charge in [0.15, 0.2) is 0 Å². The molecule has 1 aromatic rings. The molecule has 0 aliphatic rings. The maximum Gasteiger partial charge on any atom is 0.123 e. The SMILES string of the molecule is COc1ccc(OC)c(CBr)c1CBr. The average Bonchev–Trinajstić information content (AvgIpc) is 2.26. The van der Waals surface area contributed by atoms with Crippen molar-refractivity contribution in [1.29, 1.82) is 0 Å². The minimum absolute atomic E-state index is 0.758. The molecule has 0 fully saturated rings. The number of benzene rings is 1. The maximum atomic E-state index is 5.27. The van der Waals surface area contributed by atoms with Crippen LogP contribution in [0.2, 0.25) is 0 Å². The molecule has 78 valence electrons. The van der Waals surface area contributed by atoms with Crippen LogP contribution >= 0.6 is 31.9 Å². The molecule has 0 N–H and O–H groups in total. The fraction of sp³-hybridized carbons (Fsp3) is 0.400. The summed E-state index contributed by atoms with van der Waals surface area (Å²) in [6, 6.07) is 3.84. The van der Waals surface area contributed by atoms with Crippen molar-refractivity contribution in [2.24, 2.45) is 0 Å². The van der Waals surface area contributed by atoms with E-state index in [0.29, 0.717) is 0 Å². The first-order chi connectivity index (χ1) is 6.78. The monoisotopic (exact) mass is 322 g/mol. The van der Waals surface area contributed by atoms with Crippen LogP contribution < -0.4 is 9.47 Å². The second-order valence-corrected chi connectivity index (χ2v) is 3.82. The summed E-state index contributed by atoms with van der Waals surface area (Å²) in [4.78, 5) is 0. The molecule has 0 atom stereocenters. The molecule has 1 aromatic carbocycles.